The molecule has 0 saturated heterocycles. The lowest BCUT2D eigenvalue weighted by atomic mass is 9.43. The zero-order chi connectivity index (χ0) is 20.4. The molecule has 0 aromatic carbocycles. The van der Waals surface area contributed by atoms with Gasteiger partial charge in [-0.1, -0.05) is 59.1 Å². The quantitative estimate of drug-likeness (QED) is 0.495. The van der Waals surface area contributed by atoms with Gasteiger partial charge in [0.2, 0.25) is 0 Å². The van der Waals surface area contributed by atoms with E-state index >= 15 is 0 Å². The molecule has 0 aliphatic heterocycles. The van der Waals surface area contributed by atoms with Crippen LogP contribution in [0.5, 0.6) is 0 Å². The number of allylic oxidation sites excluding steroid dienone is 2. The van der Waals surface area contributed by atoms with E-state index in [1.54, 1.807) is 0 Å². The molecular weight excluding hydrogens is 340 g/mol. The minimum absolute atomic E-state index is 0.357. The van der Waals surface area contributed by atoms with Crippen molar-refractivity contribution < 1.29 is 5.11 Å². The van der Waals surface area contributed by atoms with Gasteiger partial charge in [-0.15, -0.1) is 0 Å². The molecule has 6 atom stereocenters. The van der Waals surface area contributed by atoms with Crippen molar-refractivity contribution in [2.24, 2.45) is 39.4 Å². The summed E-state index contributed by atoms with van der Waals surface area (Å²) in [5.74, 6) is 2.48. The van der Waals surface area contributed by atoms with Crippen molar-refractivity contribution in [1.82, 2.24) is 0 Å². The first-order valence-corrected chi connectivity index (χ1v) is 12.4. The van der Waals surface area contributed by atoms with Gasteiger partial charge in [0.25, 0.3) is 0 Å². The second kappa shape index (κ2) is 6.86. The molecule has 4 aliphatic rings. The minimum Gasteiger partial charge on any atom is -0.396 e. The minimum atomic E-state index is 0.357. The molecule has 2 fully saturated rings. The van der Waals surface area contributed by atoms with Gasteiger partial charge in [-0.2, -0.15) is 0 Å². The van der Waals surface area contributed by atoms with Crippen LogP contribution in [0.3, 0.4) is 0 Å². The van der Waals surface area contributed by atoms with Gasteiger partial charge in [-0.3, -0.25) is 0 Å². The molecule has 0 radical (unpaired) electrons. The Morgan fingerprint density at radius 3 is 2.39 bits per heavy atom. The average molecular weight is 387 g/mol. The molecule has 1 nitrogen and oxygen atoms in total. The topological polar surface area (TPSA) is 20.2 Å². The Morgan fingerprint density at radius 1 is 0.929 bits per heavy atom. The standard InChI is InChI=1S/C27H46O/c1-19(9-7-18-28)20-12-16-27(6)22-10-11-23-24(2,3)14-8-15-25(23,4)21(22)13-17-26(20,27)5/h19-20,23,28H,7-18H2,1-6H3. The number of rotatable bonds is 4. The Labute approximate surface area is 174 Å². The van der Waals surface area contributed by atoms with Crippen LogP contribution >= 0.6 is 0 Å². The first-order valence-electron chi connectivity index (χ1n) is 12.4. The average Bonchev–Trinajstić information content (AvgIpc) is 2.91. The van der Waals surface area contributed by atoms with E-state index < -0.39 is 0 Å². The monoisotopic (exact) mass is 386 g/mol. The van der Waals surface area contributed by atoms with E-state index in [0.29, 0.717) is 28.3 Å². The second-order valence-corrected chi connectivity index (χ2v) is 12.5. The molecule has 0 aromatic heterocycles. The lowest BCUT2D eigenvalue weighted by Gasteiger charge is -2.61. The molecule has 2 saturated carbocycles. The molecular formula is C27H46O. The van der Waals surface area contributed by atoms with Crippen molar-refractivity contribution in [2.45, 2.75) is 112 Å². The van der Waals surface area contributed by atoms with Crippen LogP contribution in [0.4, 0.5) is 0 Å². The van der Waals surface area contributed by atoms with Crippen LogP contribution in [0.1, 0.15) is 112 Å². The molecule has 4 rings (SSSR count). The number of hydrogen-bond acceptors (Lipinski definition) is 1. The molecule has 0 bridgehead atoms. The van der Waals surface area contributed by atoms with Crippen molar-refractivity contribution >= 4 is 0 Å². The zero-order valence-electron chi connectivity index (χ0n) is 19.7. The van der Waals surface area contributed by atoms with Crippen LogP contribution in [-0.4, -0.2) is 11.7 Å². The van der Waals surface area contributed by atoms with Crippen molar-refractivity contribution in [3.63, 3.8) is 0 Å². The highest BCUT2D eigenvalue weighted by molar-refractivity contribution is 5.38. The zero-order valence-corrected chi connectivity index (χ0v) is 19.7. The van der Waals surface area contributed by atoms with Gasteiger partial charge in [0.15, 0.2) is 0 Å². The Bertz CT molecular complexity index is 645. The van der Waals surface area contributed by atoms with Gasteiger partial charge in [0, 0.05) is 6.61 Å². The SMILES string of the molecule is CC(CCCO)C1CCC2(C)C3=C(CCC12C)C1(C)CCCC(C)(C)C1CC3. The molecule has 1 heteroatoms. The molecule has 160 valence electrons. The molecule has 28 heavy (non-hydrogen) atoms. The van der Waals surface area contributed by atoms with Gasteiger partial charge in [-0.05, 0) is 104 Å². The van der Waals surface area contributed by atoms with E-state index in [4.69, 9.17) is 0 Å². The fraction of sp³-hybridized carbons (Fsp3) is 0.926. The van der Waals surface area contributed by atoms with E-state index in [1.807, 2.05) is 11.1 Å². The van der Waals surface area contributed by atoms with Crippen LogP contribution in [0, 0.1) is 39.4 Å². The second-order valence-electron chi connectivity index (χ2n) is 12.5. The lowest BCUT2D eigenvalue weighted by Crippen LogP contribution is -2.51. The van der Waals surface area contributed by atoms with Crippen molar-refractivity contribution in [3.05, 3.63) is 11.1 Å². The highest BCUT2D eigenvalue weighted by atomic mass is 16.2. The van der Waals surface area contributed by atoms with Crippen LogP contribution in [0.25, 0.3) is 0 Å². The van der Waals surface area contributed by atoms with Crippen LogP contribution in [0.2, 0.25) is 0 Å². The van der Waals surface area contributed by atoms with Gasteiger partial charge < -0.3 is 5.11 Å². The summed E-state index contributed by atoms with van der Waals surface area (Å²) in [7, 11) is 0. The van der Waals surface area contributed by atoms with Gasteiger partial charge >= 0.3 is 0 Å². The summed E-state index contributed by atoms with van der Waals surface area (Å²) in [6.45, 7) is 15.9. The summed E-state index contributed by atoms with van der Waals surface area (Å²) in [6.07, 6.45) is 14.8. The smallest absolute Gasteiger partial charge is 0.0431 e. The van der Waals surface area contributed by atoms with Gasteiger partial charge in [-0.25, -0.2) is 0 Å². The Morgan fingerprint density at radius 2 is 1.68 bits per heavy atom. The largest absolute Gasteiger partial charge is 0.396 e. The molecule has 0 aromatic rings. The number of aliphatic hydroxyl groups excluding tert-OH is 1. The van der Waals surface area contributed by atoms with E-state index in [0.717, 1.165) is 24.2 Å². The lowest BCUT2D eigenvalue weighted by molar-refractivity contribution is -0.0202. The molecule has 4 aliphatic carbocycles. The third kappa shape index (κ3) is 2.74. The van der Waals surface area contributed by atoms with Crippen LogP contribution in [0.15, 0.2) is 11.1 Å². The molecule has 0 heterocycles. The Kier molecular flexibility index (Phi) is 5.13. The fourth-order valence-electron chi connectivity index (χ4n) is 9.35. The van der Waals surface area contributed by atoms with Gasteiger partial charge in [0.1, 0.15) is 0 Å². The highest BCUT2D eigenvalue weighted by Crippen LogP contribution is 2.72. The highest BCUT2D eigenvalue weighted by Gasteiger charge is 2.62. The van der Waals surface area contributed by atoms with Gasteiger partial charge in [0.05, 0.1) is 0 Å². The molecule has 1 N–H and O–H groups in total. The van der Waals surface area contributed by atoms with E-state index in [-0.39, 0.29) is 0 Å². The summed E-state index contributed by atoms with van der Waals surface area (Å²) in [4.78, 5) is 0. The van der Waals surface area contributed by atoms with Crippen LogP contribution < -0.4 is 0 Å². The Balaban J connectivity index is 1.70. The number of aliphatic hydroxyl groups is 1. The van der Waals surface area contributed by atoms with Crippen LogP contribution in [-0.2, 0) is 0 Å². The predicted molar refractivity (Wildman–Crippen MR) is 119 cm³/mol. The first kappa shape index (κ1) is 21.0. The van der Waals surface area contributed by atoms with E-state index in [1.165, 1.54) is 64.2 Å². The molecule has 6 unspecified atom stereocenters. The van der Waals surface area contributed by atoms with E-state index in [9.17, 15) is 5.11 Å². The maximum atomic E-state index is 9.33. The third-order valence-electron chi connectivity index (χ3n) is 11.1. The predicted octanol–water partition coefficient (Wildman–Crippen LogP) is 7.53. The number of fused-ring (bicyclic) bond motifs is 4. The van der Waals surface area contributed by atoms with E-state index in [2.05, 4.69) is 41.5 Å². The summed E-state index contributed by atoms with van der Waals surface area (Å²) in [6, 6.07) is 0. The number of hydrogen-bond donors (Lipinski definition) is 1. The van der Waals surface area contributed by atoms with Crippen molar-refractivity contribution in [2.75, 3.05) is 6.61 Å². The summed E-state index contributed by atoms with van der Waals surface area (Å²) in [5, 5.41) is 9.33. The van der Waals surface area contributed by atoms with Crippen molar-refractivity contribution in [1.29, 1.82) is 0 Å². The normalized spacial score (nSPS) is 46.0. The maximum Gasteiger partial charge on any atom is 0.0431 e. The third-order valence-corrected chi connectivity index (χ3v) is 11.1. The maximum absolute atomic E-state index is 9.33. The molecule has 0 amide bonds. The van der Waals surface area contributed by atoms with Crippen molar-refractivity contribution in [3.8, 4) is 0 Å². The Hall–Kier alpha value is -0.300. The fourth-order valence-corrected chi connectivity index (χ4v) is 9.35. The molecule has 0 spiro atoms. The summed E-state index contributed by atoms with van der Waals surface area (Å²) in [5.41, 5.74) is 5.74. The summed E-state index contributed by atoms with van der Waals surface area (Å²) >= 11 is 0. The summed E-state index contributed by atoms with van der Waals surface area (Å²) < 4.78 is 0. The first-order chi connectivity index (χ1) is 13.1.